The van der Waals surface area contributed by atoms with Gasteiger partial charge in [-0.25, -0.2) is 0 Å². The molecule has 3 atom stereocenters. The van der Waals surface area contributed by atoms with Crippen molar-refractivity contribution >= 4 is 5.91 Å². The van der Waals surface area contributed by atoms with Crippen LogP contribution in [0.2, 0.25) is 0 Å². The van der Waals surface area contributed by atoms with Gasteiger partial charge < -0.3 is 15.2 Å². The molecular weight excluding hydrogens is 280 g/mol. The van der Waals surface area contributed by atoms with Crippen molar-refractivity contribution in [2.75, 3.05) is 13.1 Å². The molecule has 1 aliphatic heterocycles. The van der Waals surface area contributed by atoms with Crippen LogP contribution in [0.1, 0.15) is 63.1 Å². The van der Waals surface area contributed by atoms with Crippen LogP contribution in [0.4, 0.5) is 0 Å². The largest absolute Gasteiger partial charge is 0.342 e. The molecule has 1 amide bonds. The lowest BCUT2D eigenvalue weighted by Gasteiger charge is -2.41. The summed E-state index contributed by atoms with van der Waals surface area (Å²) in [6.07, 6.45) is 6.04. The van der Waals surface area contributed by atoms with Gasteiger partial charge in [-0.05, 0) is 39.5 Å². The molecule has 1 saturated carbocycles. The molecule has 0 aromatic carbocycles. The van der Waals surface area contributed by atoms with E-state index >= 15 is 0 Å². The first-order valence-corrected chi connectivity index (χ1v) is 8.35. The van der Waals surface area contributed by atoms with E-state index in [0.29, 0.717) is 18.3 Å². The van der Waals surface area contributed by atoms with E-state index in [1.54, 1.807) is 0 Å². The van der Waals surface area contributed by atoms with Crippen molar-refractivity contribution in [1.82, 2.24) is 15.0 Å². The molecule has 2 aliphatic rings. The van der Waals surface area contributed by atoms with E-state index in [4.69, 9.17) is 10.3 Å². The Morgan fingerprint density at radius 3 is 2.86 bits per heavy atom. The second-order valence-corrected chi connectivity index (χ2v) is 7.11. The third-order valence-electron chi connectivity index (χ3n) is 5.18. The summed E-state index contributed by atoms with van der Waals surface area (Å²) in [5.41, 5.74) is 6.02. The summed E-state index contributed by atoms with van der Waals surface area (Å²) in [4.78, 5) is 19.2. The van der Waals surface area contributed by atoms with Crippen LogP contribution < -0.4 is 5.73 Å². The molecule has 22 heavy (non-hydrogen) atoms. The summed E-state index contributed by atoms with van der Waals surface area (Å²) < 4.78 is 5.29. The van der Waals surface area contributed by atoms with Crippen molar-refractivity contribution < 1.29 is 9.32 Å². The van der Waals surface area contributed by atoms with Gasteiger partial charge in [0.25, 0.3) is 0 Å². The molecule has 0 bridgehead atoms. The van der Waals surface area contributed by atoms with Crippen LogP contribution >= 0.6 is 0 Å². The molecule has 1 saturated heterocycles. The first kappa shape index (κ1) is 15.5. The van der Waals surface area contributed by atoms with Crippen molar-refractivity contribution in [2.24, 2.45) is 11.7 Å². The molecule has 2 fully saturated rings. The van der Waals surface area contributed by atoms with E-state index in [2.05, 4.69) is 10.1 Å². The number of aromatic nitrogens is 2. The zero-order chi connectivity index (χ0) is 15.7. The minimum atomic E-state index is -0.372. The van der Waals surface area contributed by atoms with Gasteiger partial charge in [-0.1, -0.05) is 18.0 Å². The molecule has 0 radical (unpaired) electrons. The van der Waals surface area contributed by atoms with Gasteiger partial charge in [0.1, 0.15) is 0 Å². The number of carbonyl (C=O) groups excluding carboxylic acids is 1. The number of nitrogens with zero attached hydrogens (tertiary/aromatic N) is 3. The van der Waals surface area contributed by atoms with Crippen molar-refractivity contribution in [3.8, 4) is 0 Å². The molecular formula is C16H26N4O2. The number of rotatable bonds is 2. The lowest BCUT2D eigenvalue weighted by Crippen LogP contribution is -2.55. The second-order valence-electron chi connectivity index (χ2n) is 7.11. The lowest BCUT2D eigenvalue weighted by molar-refractivity contribution is -0.140. The average Bonchev–Trinajstić information content (AvgIpc) is 2.93. The Kier molecular flexibility index (Phi) is 4.21. The second kappa shape index (κ2) is 5.99. The van der Waals surface area contributed by atoms with Gasteiger partial charge >= 0.3 is 0 Å². The first-order valence-electron chi connectivity index (χ1n) is 8.35. The van der Waals surface area contributed by atoms with Gasteiger partial charge in [0.15, 0.2) is 5.82 Å². The zero-order valence-corrected chi connectivity index (χ0v) is 13.5. The highest BCUT2D eigenvalue weighted by atomic mass is 16.5. The van der Waals surface area contributed by atoms with Gasteiger partial charge in [0, 0.05) is 18.6 Å². The van der Waals surface area contributed by atoms with Crippen molar-refractivity contribution in [3.05, 3.63) is 11.7 Å². The van der Waals surface area contributed by atoms with Crippen LogP contribution in [0, 0.1) is 12.8 Å². The molecule has 1 aromatic rings. The van der Waals surface area contributed by atoms with Gasteiger partial charge in [0.05, 0.1) is 11.8 Å². The summed E-state index contributed by atoms with van der Waals surface area (Å²) in [6.45, 7) is 5.33. The zero-order valence-electron chi connectivity index (χ0n) is 13.5. The third-order valence-corrected chi connectivity index (χ3v) is 5.18. The summed E-state index contributed by atoms with van der Waals surface area (Å²) in [7, 11) is 0. The molecule has 122 valence electrons. The van der Waals surface area contributed by atoms with Crippen LogP contribution in [0.3, 0.4) is 0 Å². The average molecular weight is 306 g/mol. The number of amides is 1. The highest BCUT2D eigenvalue weighted by Crippen LogP contribution is 2.35. The van der Waals surface area contributed by atoms with Crippen LogP contribution in [0.25, 0.3) is 0 Å². The summed E-state index contributed by atoms with van der Waals surface area (Å²) >= 11 is 0. The van der Waals surface area contributed by atoms with Crippen LogP contribution in [0.15, 0.2) is 4.52 Å². The molecule has 2 N–H and O–H groups in total. The molecule has 6 heteroatoms. The lowest BCUT2D eigenvalue weighted by atomic mass is 9.73. The minimum Gasteiger partial charge on any atom is -0.342 e. The number of aryl methyl sites for hydroxylation is 1. The highest BCUT2D eigenvalue weighted by Gasteiger charge is 2.41. The normalized spacial score (nSPS) is 33.0. The number of piperidine rings is 1. The summed E-state index contributed by atoms with van der Waals surface area (Å²) in [5.74, 6) is 1.64. The molecule has 3 rings (SSSR count). The Morgan fingerprint density at radius 1 is 1.36 bits per heavy atom. The fourth-order valence-electron chi connectivity index (χ4n) is 3.84. The standard InChI is InChI=1S/C16H26N4O2/c1-11-18-14(22-19-11)12-6-5-9-20(10-12)15(21)13-7-3-4-8-16(13,2)17/h12-13H,3-10,17H2,1-2H3. The predicted molar refractivity (Wildman–Crippen MR) is 82.1 cm³/mol. The maximum absolute atomic E-state index is 12.9. The van der Waals surface area contributed by atoms with E-state index in [1.165, 1.54) is 0 Å². The number of nitrogens with two attached hydrogens (primary N) is 1. The predicted octanol–water partition coefficient (Wildman–Crippen LogP) is 1.99. The quantitative estimate of drug-likeness (QED) is 0.903. The van der Waals surface area contributed by atoms with Crippen LogP contribution in [-0.2, 0) is 4.79 Å². The van der Waals surface area contributed by atoms with Gasteiger partial charge in [-0.15, -0.1) is 0 Å². The minimum absolute atomic E-state index is 0.0515. The van der Waals surface area contributed by atoms with Crippen molar-refractivity contribution in [1.29, 1.82) is 0 Å². The van der Waals surface area contributed by atoms with Crippen LogP contribution in [0.5, 0.6) is 0 Å². The van der Waals surface area contributed by atoms with Crippen LogP contribution in [-0.4, -0.2) is 39.6 Å². The van der Waals surface area contributed by atoms with E-state index < -0.39 is 0 Å². The molecule has 1 aromatic heterocycles. The topological polar surface area (TPSA) is 85.2 Å². The SMILES string of the molecule is Cc1noc(C2CCCN(C(=O)C3CCCCC3(C)N)C2)n1. The van der Waals surface area contributed by atoms with E-state index in [9.17, 15) is 4.79 Å². The van der Waals surface area contributed by atoms with Gasteiger partial charge in [-0.2, -0.15) is 4.98 Å². The number of hydrogen-bond acceptors (Lipinski definition) is 5. The highest BCUT2D eigenvalue weighted by molar-refractivity contribution is 5.80. The van der Waals surface area contributed by atoms with Crippen molar-refractivity contribution in [3.63, 3.8) is 0 Å². The molecule has 0 spiro atoms. The smallest absolute Gasteiger partial charge is 0.231 e. The Bertz CT molecular complexity index is 540. The molecule has 2 heterocycles. The fourth-order valence-corrected chi connectivity index (χ4v) is 3.84. The Morgan fingerprint density at radius 2 is 2.18 bits per heavy atom. The van der Waals surface area contributed by atoms with E-state index in [1.807, 2.05) is 18.7 Å². The Hall–Kier alpha value is -1.43. The number of hydrogen-bond donors (Lipinski definition) is 1. The number of carbonyl (C=O) groups is 1. The molecule has 1 aliphatic carbocycles. The van der Waals surface area contributed by atoms with Crippen molar-refractivity contribution in [2.45, 2.75) is 63.8 Å². The maximum atomic E-state index is 12.9. The van der Waals surface area contributed by atoms with E-state index in [0.717, 1.165) is 45.1 Å². The Balaban J connectivity index is 1.70. The number of likely N-dealkylation sites (tertiary alicyclic amines) is 1. The monoisotopic (exact) mass is 306 g/mol. The molecule has 6 nitrogen and oxygen atoms in total. The Labute approximate surface area is 131 Å². The van der Waals surface area contributed by atoms with Gasteiger partial charge in [-0.3, -0.25) is 4.79 Å². The van der Waals surface area contributed by atoms with Gasteiger partial charge in [0.2, 0.25) is 11.8 Å². The third kappa shape index (κ3) is 3.02. The first-order chi connectivity index (χ1) is 10.5. The maximum Gasteiger partial charge on any atom is 0.231 e. The summed E-state index contributed by atoms with van der Waals surface area (Å²) in [6, 6.07) is 0. The fraction of sp³-hybridized carbons (Fsp3) is 0.812. The molecule has 3 unspecified atom stereocenters. The summed E-state index contributed by atoms with van der Waals surface area (Å²) in [5, 5.41) is 3.87. The van der Waals surface area contributed by atoms with E-state index in [-0.39, 0.29) is 23.3 Å².